The van der Waals surface area contributed by atoms with Gasteiger partial charge < -0.3 is 5.73 Å². The van der Waals surface area contributed by atoms with Gasteiger partial charge in [0.1, 0.15) is 0 Å². The van der Waals surface area contributed by atoms with Crippen LogP contribution in [0.5, 0.6) is 0 Å². The molecule has 1 unspecified atom stereocenters. The average molecular weight is 307 g/mol. The molecule has 1 atom stereocenters. The standard InChI is InChI=1S/C9H11BrN2O3S/c10-9-5-8(12(13)14)2-1-7(9)6-16(15)4-3-11/h1-2,5H,3-4,6,11H2. The van der Waals surface area contributed by atoms with Crippen molar-refractivity contribution in [3.63, 3.8) is 0 Å². The Labute approximate surface area is 104 Å². The molecule has 0 aromatic heterocycles. The Morgan fingerprint density at radius 1 is 1.50 bits per heavy atom. The van der Waals surface area contributed by atoms with Gasteiger partial charge >= 0.3 is 0 Å². The predicted octanol–water partition coefficient (Wildman–Crippen LogP) is 1.56. The topological polar surface area (TPSA) is 86.2 Å². The first-order valence-corrected chi connectivity index (χ1v) is 6.80. The first-order chi connectivity index (χ1) is 7.54. The molecule has 16 heavy (non-hydrogen) atoms. The van der Waals surface area contributed by atoms with Crippen LogP contribution < -0.4 is 5.73 Å². The van der Waals surface area contributed by atoms with Crippen LogP contribution in [-0.2, 0) is 16.6 Å². The first kappa shape index (κ1) is 13.3. The SMILES string of the molecule is NCCS(=O)Cc1ccc([N+](=O)[O-])cc1Br. The van der Waals surface area contributed by atoms with E-state index in [2.05, 4.69) is 15.9 Å². The van der Waals surface area contributed by atoms with Crippen molar-refractivity contribution >= 4 is 32.4 Å². The summed E-state index contributed by atoms with van der Waals surface area (Å²) in [5.41, 5.74) is 6.09. The van der Waals surface area contributed by atoms with Gasteiger partial charge in [0.05, 0.1) is 4.92 Å². The fourth-order valence-electron chi connectivity index (χ4n) is 1.14. The van der Waals surface area contributed by atoms with Gasteiger partial charge in [0.2, 0.25) is 0 Å². The Hall–Kier alpha value is -0.790. The summed E-state index contributed by atoms with van der Waals surface area (Å²) in [6.07, 6.45) is 0. The van der Waals surface area contributed by atoms with Gasteiger partial charge in [0.15, 0.2) is 0 Å². The maximum absolute atomic E-state index is 11.5. The molecule has 2 N–H and O–H groups in total. The summed E-state index contributed by atoms with van der Waals surface area (Å²) in [7, 11) is -1.02. The van der Waals surface area contributed by atoms with Crippen molar-refractivity contribution in [3.05, 3.63) is 38.3 Å². The predicted molar refractivity (Wildman–Crippen MR) is 66.6 cm³/mol. The molecule has 0 saturated heterocycles. The molecule has 0 aliphatic carbocycles. The monoisotopic (exact) mass is 306 g/mol. The number of nitrogens with zero attached hydrogens (tertiary/aromatic N) is 1. The Bertz CT molecular complexity index is 425. The Morgan fingerprint density at radius 3 is 2.69 bits per heavy atom. The highest BCUT2D eigenvalue weighted by atomic mass is 79.9. The summed E-state index contributed by atoms with van der Waals surface area (Å²) in [6, 6.07) is 4.42. The zero-order valence-corrected chi connectivity index (χ0v) is 10.8. The van der Waals surface area contributed by atoms with Crippen LogP contribution in [0.4, 0.5) is 5.69 Å². The van der Waals surface area contributed by atoms with Crippen LogP contribution in [0.1, 0.15) is 5.56 Å². The molecule has 0 heterocycles. The summed E-state index contributed by atoms with van der Waals surface area (Å²) in [6.45, 7) is 0.372. The second-order valence-corrected chi connectivity index (χ2v) is 5.54. The smallest absolute Gasteiger partial charge is 0.270 e. The minimum Gasteiger partial charge on any atom is -0.330 e. The minimum absolute atomic E-state index is 0.0141. The van der Waals surface area contributed by atoms with Crippen molar-refractivity contribution in [1.82, 2.24) is 0 Å². The third-order valence-electron chi connectivity index (χ3n) is 1.91. The maximum Gasteiger partial charge on any atom is 0.270 e. The summed E-state index contributed by atoms with van der Waals surface area (Å²) < 4.78 is 12.1. The molecule has 5 nitrogen and oxygen atoms in total. The lowest BCUT2D eigenvalue weighted by Crippen LogP contribution is -2.11. The summed E-state index contributed by atoms with van der Waals surface area (Å²) in [5, 5.41) is 10.5. The highest BCUT2D eigenvalue weighted by Gasteiger charge is 2.10. The van der Waals surface area contributed by atoms with Gasteiger partial charge in [-0.1, -0.05) is 22.0 Å². The molecule has 0 spiro atoms. The van der Waals surface area contributed by atoms with E-state index in [1.807, 2.05) is 0 Å². The number of benzene rings is 1. The van der Waals surface area contributed by atoms with Crippen LogP contribution in [0.25, 0.3) is 0 Å². The number of nitro benzene ring substituents is 1. The number of halogens is 1. The van der Waals surface area contributed by atoms with Gasteiger partial charge in [-0.2, -0.15) is 0 Å². The largest absolute Gasteiger partial charge is 0.330 e. The molecule has 0 amide bonds. The minimum atomic E-state index is -1.02. The number of hydrogen-bond donors (Lipinski definition) is 1. The molecule has 7 heteroatoms. The van der Waals surface area contributed by atoms with E-state index in [0.29, 0.717) is 22.5 Å². The van der Waals surface area contributed by atoms with Crippen LogP contribution >= 0.6 is 15.9 Å². The van der Waals surface area contributed by atoms with Gasteiger partial charge in [-0.05, 0) is 5.56 Å². The summed E-state index contributed by atoms with van der Waals surface area (Å²) in [4.78, 5) is 10.0. The summed E-state index contributed by atoms with van der Waals surface area (Å²) >= 11 is 3.22. The lowest BCUT2D eigenvalue weighted by atomic mass is 10.2. The molecule has 1 aromatic rings. The fraction of sp³-hybridized carbons (Fsp3) is 0.333. The van der Waals surface area contributed by atoms with Crippen LogP contribution in [0.15, 0.2) is 22.7 Å². The lowest BCUT2D eigenvalue weighted by molar-refractivity contribution is -0.384. The zero-order valence-electron chi connectivity index (χ0n) is 8.39. The molecule has 1 rings (SSSR count). The van der Waals surface area contributed by atoms with Crippen molar-refractivity contribution < 1.29 is 9.13 Å². The average Bonchev–Trinajstić information content (AvgIpc) is 2.21. The molecule has 0 bridgehead atoms. The number of non-ortho nitro benzene ring substituents is 1. The quantitative estimate of drug-likeness (QED) is 0.661. The van der Waals surface area contributed by atoms with Crippen molar-refractivity contribution in [2.75, 3.05) is 12.3 Å². The molecule has 1 aromatic carbocycles. The highest BCUT2D eigenvalue weighted by molar-refractivity contribution is 9.10. The van der Waals surface area contributed by atoms with Crippen LogP contribution in [-0.4, -0.2) is 21.4 Å². The molecular formula is C9H11BrN2O3S. The molecule has 0 aliphatic rings. The number of hydrogen-bond acceptors (Lipinski definition) is 4. The number of rotatable bonds is 5. The van der Waals surface area contributed by atoms with E-state index in [1.54, 1.807) is 6.07 Å². The van der Waals surface area contributed by atoms with E-state index in [9.17, 15) is 14.3 Å². The highest BCUT2D eigenvalue weighted by Crippen LogP contribution is 2.23. The van der Waals surface area contributed by atoms with Gasteiger partial charge in [-0.15, -0.1) is 0 Å². The van der Waals surface area contributed by atoms with E-state index in [1.165, 1.54) is 12.1 Å². The normalized spacial score (nSPS) is 12.4. The Balaban J connectivity index is 2.83. The van der Waals surface area contributed by atoms with Crippen LogP contribution in [0.3, 0.4) is 0 Å². The molecular weight excluding hydrogens is 296 g/mol. The zero-order chi connectivity index (χ0) is 12.1. The van der Waals surface area contributed by atoms with E-state index in [4.69, 9.17) is 5.73 Å². The van der Waals surface area contributed by atoms with Gasteiger partial charge in [0, 0.05) is 45.5 Å². The molecule has 0 saturated carbocycles. The van der Waals surface area contributed by atoms with Crippen molar-refractivity contribution in [3.8, 4) is 0 Å². The second-order valence-electron chi connectivity index (χ2n) is 3.11. The van der Waals surface area contributed by atoms with E-state index in [-0.39, 0.29) is 5.69 Å². The molecule has 0 radical (unpaired) electrons. The van der Waals surface area contributed by atoms with E-state index in [0.717, 1.165) is 5.56 Å². The Morgan fingerprint density at radius 2 is 2.19 bits per heavy atom. The van der Waals surface area contributed by atoms with Crippen LogP contribution in [0.2, 0.25) is 0 Å². The lowest BCUT2D eigenvalue weighted by Gasteiger charge is -2.03. The van der Waals surface area contributed by atoms with Crippen LogP contribution in [0, 0.1) is 10.1 Å². The fourth-order valence-corrected chi connectivity index (χ4v) is 2.84. The van der Waals surface area contributed by atoms with Gasteiger partial charge in [-0.25, -0.2) is 0 Å². The maximum atomic E-state index is 11.5. The third kappa shape index (κ3) is 3.66. The number of nitrogens with two attached hydrogens (primary N) is 1. The van der Waals surface area contributed by atoms with Crippen molar-refractivity contribution in [1.29, 1.82) is 0 Å². The molecule has 88 valence electrons. The second kappa shape index (κ2) is 6.07. The summed E-state index contributed by atoms with van der Waals surface area (Å²) in [5.74, 6) is 0.791. The first-order valence-electron chi connectivity index (χ1n) is 4.52. The van der Waals surface area contributed by atoms with Gasteiger partial charge in [0.25, 0.3) is 5.69 Å². The van der Waals surface area contributed by atoms with Gasteiger partial charge in [-0.3, -0.25) is 14.3 Å². The van der Waals surface area contributed by atoms with E-state index >= 15 is 0 Å². The number of nitro groups is 1. The Kier molecular flexibility index (Phi) is 5.04. The van der Waals surface area contributed by atoms with E-state index < -0.39 is 15.7 Å². The van der Waals surface area contributed by atoms with Crippen molar-refractivity contribution in [2.45, 2.75) is 5.75 Å². The molecule has 0 fully saturated rings. The third-order valence-corrected chi connectivity index (χ3v) is 3.97. The molecule has 0 aliphatic heterocycles. The van der Waals surface area contributed by atoms with Crippen molar-refractivity contribution in [2.24, 2.45) is 5.73 Å².